The molecule has 3 aromatic rings. The molecule has 1 aliphatic rings. The molecule has 2 N–H and O–H groups in total. The Morgan fingerprint density at radius 2 is 1.75 bits per heavy atom. The van der Waals surface area contributed by atoms with Crippen LogP contribution in [0.2, 0.25) is 0 Å². The van der Waals surface area contributed by atoms with Crippen LogP contribution < -0.4 is 9.47 Å². The lowest BCUT2D eigenvalue weighted by Gasteiger charge is -2.17. The van der Waals surface area contributed by atoms with Crippen molar-refractivity contribution in [1.82, 2.24) is 0 Å². The third kappa shape index (κ3) is 2.21. The molecule has 0 bridgehead atoms. The van der Waals surface area contributed by atoms with E-state index in [9.17, 15) is 14.6 Å². The smallest absolute Gasteiger partial charge is 0.231 e. The molecule has 122 valence electrons. The third-order valence-electron chi connectivity index (χ3n) is 4.30. The van der Waals surface area contributed by atoms with Gasteiger partial charge in [-0.2, -0.15) is 0 Å². The summed E-state index contributed by atoms with van der Waals surface area (Å²) in [6.45, 7) is -0.314. The molecule has 1 heterocycles. The summed E-state index contributed by atoms with van der Waals surface area (Å²) in [5.74, 6) is 0.897. The lowest BCUT2D eigenvalue weighted by molar-refractivity contribution is 0.175. The molecule has 0 saturated heterocycles. The predicted molar refractivity (Wildman–Crippen MR) is 87.3 cm³/mol. The molecule has 3 aromatic carbocycles. The van der Waals surface area contributed by atoms with Crippen molar-refractivity contribution in [3.8, 4) is 22.6 Å². The zero-order valence-electron chi connectivity index (χ0n) is 12.8. The van der Waals surface area contributed by atoms with Crippen LogP contribution in [0, 0.1) is 5.82 Å². The highest BCUT2D eigenvalue weighted by atomic mass is 19.1. The fraction of sp³-hybridized carbons (Fsp3) is 0.158. The quantitative estimate of drug-likeness (QED) is 0.775. The van der Waals surface area contributed by atoms with Crippen LogP contribution in [-0.2, 0) is 13.2 Å². The average molecular weight is 326 g/mol. The summed E-state index contributed by atoms with van der Waals surface area (Å²) in [7, 11) is 0. The summed E-state index contributed by atoms with van der Waals surface area (Å²) in [4.78, 5) is 0. The standard InChI is InChI=1S/C19H15FO4/c20-14-4-1-11(2-5-14)17-15(9-22)13(8-21)7-12-3-6-16-19(18(12)17)24-10-23-16/h1-7,21-22H,8-10H2. The SMILES string of the molecule is OCc1cc2ccc3c(c2c(-c2ccc(F)cc2)c1CO)OCO3. The van der Waals surface area contributed by atoms with Gasteiger partial charge in [-0.3, -0.25) is 0 Å². The first kappa shape index (κ1) is 14.9. The van der Waals surface area contributed by atoms with Gasteiger partial charge in [0.15, 0.2) is 11.5 Å². The molecule has 0 unspecified atom stereocenters. The molecule has 1 aliphatic heterocycles. The van der Waals surface area contributed by atoms with E-state index in [2.05, 4.69) is 0 Å². The number of ether oxygens (including phenoxy) is 2. The third-order valence-corrected chi connectivity index (χ3v) is 4.30. The van der Waals surface area contributed by atoms with E-state index < -0.39 is 0 Å². The fourth-order valence-electron chi connectivity index (χ4n) is 3.21. The highest BCUT2D eigenvalue weighted by molar-refractivity contribution is 6.04. The first-order chi connectivity index (χ1) is 11.7. The Morgan fingerprint density at radius 3 is 2.46 bits per heavy atom. The molecule has 0 aliphatic carbocycles. The molecule has 0 amide bonds. The molecule has 24 heavy (non-hydrogen) atoms. The summed E-state index contributed by atoms with van der Waals surface area (Å²) in [6, 6.07) is 11.6. The van der Waals surface area contributed by atoms with Crippen LogP contribution in [0.3, 0.4) is 0 Å². The highest BCUT2D eigenvalue weighted by Crippen LogP contribution is 2.46. The fourth-order valence-corrected chi connectivity index (χ4v) is 3.21. The molecule has 0 atom stereocenters. The van der Waals surface area contributed by atoms with Gasteiger partial charge in [0.2, 0.25) is 6.79 Å². The van der Waals surface area contributed by atoms with E-state index in [0.29, 0.717) is 22.6 Å². The Balaban J connectivity index is 2.14. The molecule has 4 rings (SSSR count). The van der Waals surface area contributed by atoms with E-state index in [1.54, 1.807) is 12.1 Å². The first-order valence-corrected chi connectivity index (χ1v) is 7.57. The van der Waals surface area contributed by atoms with Gasteiger partial charge in [-0.1, -0.05) is 18.2 Å². The molecule has 0 radical (unpaired) electrons. The minimum atomic E-state index is -0.336. The Hall–Kier alpha value is -2.63. The van der Waals surface area contributed by atoms with E-state index in [1.165, 1.54) is 12.1 Å². The van der Waals surface area contributed by atoms with Crippen molar-refractivity contribution >= 4 is 10.8 Å². The largest absolute Gasteiger partial charge is 0.454 e. The van der Waals surface area contributed by atoms with Gasteiger partial charge in [-0.15, -0.1) is 0 Å². The zero-order chi connectivity index (χ0) is 16.7. The van der Waals surface area contributed by atoms with Crippen LogP contribution >= 0.6 is 0 Å². The number of aliphatic hydroxyl groups is 2. The number of aliphatic hydroxyl groups excluding tert-OH is 2. The summed E-state index contributed by atoms with van der Waals surface area (Å²) in [5, 5.41) is 21.2. The van der Waals surface area contributed by atoms with E-state index in [-0.39, 0.29) is 25.8 Å². The molecule has 4 nitrogen and oxygen atoms in total. The minimum Gasteiger partial charge on any atom is -0.454 e. The van der Waals surface area contributed by atoms with Crippen LogP contribution in [0.1, 0.15) is 11.1 Å². The van der Waals surface area contributed by atoms with Gasteiger partial charge in [-0.25, -0.2) is 4.39 Å². The number of hydrogen-bond acceptors (Lipinski definition) is 4. The first-order valence-electron chi connectivity index (χ1n) is 7.57. The van der Waals surface area contributed by atoms with Crippen molar-refractivity contribution < 1.29 is 24.1 Å². The minimum absolute atomic E-state index is 0.132. The lowest BCUT2D eigenvalue weighted by atomic mass is 9.89. The maximum Gasteiger partial charge on any atom is 0.231 e. The molecule has 5 heteroatoms. The Labute approximate surface area is 137 Å². The average Bonchev–Trinajstić information content (AvgIpc) is 3.09. The second kappa shape index (κ2) is 5.78. The summed E-state index contributed by atoms with van der Waals surface area (Å²) in [5.41, 5.74) is 2.69. The van der Waals surface area contributed by atoms with E-state index in [0.717, 1.165) is 21.9 Å². The van der Waals surface area contributed by atoms with Crippen LogP contribution in [-0.4, -0.2) is 17.0 Å². The van der Waals surface area contributed by atoms with Crippen molar-refractivity contribution in [1.29, 1.82) is 0 Å². The normalized spacial score (nSPS) is 12.8. The zero-order valence-corrected chi connectivity index (χ0v) is 12.8. The Morgan fingerprint density at radius 1 is 0.958 bits per heavy atom. The van der Waals surface area contributed by atoms with Crippen LogP contribution in [0.15, 0.2) is 42.5 Å². The molecular weight excluding hydrogens is 311 g/mol. The van der Waals surface area contributed by atoms with E-state index in [1.807, 2.05) is 18.2 Å². The van der Waals surface area contributed by atoms with E-state index in [4.69, 9.17) is 9.47 Å². The second-order valence-corrected chi connectivity index (χ2v) is 5.61. The molecule has 0 aromatic heterocycles. The van der Waals surface area contributed by atoms with Crippen molar-refractivity contribution in [2.24, 2.45) is 0 Å². The van der Waals surface area contributed by atoms with Crippen molar-refractivity contribution in [2.75, 3.05) is 6.79 Å². The highest BCUT2D eigenvalue weighted by Gasteiger charge is 2.23. The van der Waals surface area contributed by atoms with Crippen molar-refractivity contribution in [3.63, 3.8) is 0 Å². The van der Waals surface area contributed by atoms with Crippen LogP contribution in [0.4, 0.5) is 4.39 Å². The van der Waals surface area contributed by atoms with Gasteiger partial charge >= 0.3 is 0 Å². The van der Waals surface area contributed by atoms with Gasteiger partial charge in [0.25, 0.3) is 0 Å². The Kier molecular flexibility index (Phi) is 3.59. The summed E-state index contributed by atoms with van der Waals surface area (Å²) >= 11 is 0. The van der Waals surface area contributed by atoms with Gasteiger partial charge in [0, 0.05) is 5.39 Å². The van der Waals surface area contributed by atoms with Gasteiger partial charge in [0.05, 0.1) is 13.2 Å². The summed E-state index contributed by atoms with van der Waals surface area (Å²) < 4.78 is 24.4. The number of hydrogen-bond donors (Lipinski definition) is 2. The second-order valence-electron chi connectivity index (χ2n) is 5.61. The van der Waals surface area contributed by atoms with E-state index >= 15 is 0 Å². The monoisotopic (exact) mass is 326 g/mol. The van der Waals surface area contributed by atoms with Gasteiger partial charge < -0.3 is 19.7 Å². The van der Waals surface area contributed by atoms with Crippen LogP contribution in [0.5, 0.6) is 11.5 Å². The lowest BCUT2D eigenvalue weighted by Crippen LogP contribution is -2.00. The topological polar surface area (TPSA) is 58.9 Å². The number of fused-ring (bicyclic) bond motifs is 3. The molecule has 0 fully saturated rings. The number of halogens is 1. The number of benzene rings is 3. The van der Waals surface area contributed by atoms with Crippen LogP contribution in [0.25, 0.3) is 21.9 Å². The molecule has 0 spiro atoms. The van der Waals surface area contributed by atoms with Gasteiger partial charge in [-0.05, 0) is 51.9 Å². The molecular formula is C19H15FO4. The maximum atomic E-state index is 13.3. The number of rotatable bonds is 3. The molecule has 0 saturated carbocycles. The maximum absolute atomic E-state index is 13.3. The summed E-state index contributed by atoms with van der Waals surface area (Å²) in [6.07, 6.45) is 0. The van der Waals surface area contributed by atoms with Crippen molar-refractivity contribution in [3.05, 3.63) is 59.4 Å². The predicted octanol–water partition coefficient (Wildman–Crippen LogP) is 3.36. The van der Waals surface area contributed by atoms with Gasteiger partial charge in [0.1, 0.15) is 5.82 Å². The Bertz CT molecular complexity index is 919. The van der Waals surface area contributed by atoms with Crippen molar-refractivity contribution in [2.45, 2.75) is 13.2 Å².